The summed E-state index contributed by atoms with van der Waals surface area (Å²) in [5, 5.41) is 3.87. The van der Waals surface area contributed by atoms with Gasteiger partial charge in [0.05, 0.1) is 25.5 Å². The SMILES string of the molecule is CCOc1ccc(C(=O)Oc2ccc(C=NNC(=O)COc3ccc(F)cc3)cc2OC)cc1. The van der Waals surface area contributed by atoms with Crippen molar-refractivity contribution in [3.63, 3.8) is 0 Å². The Morgan fingerprint density at radius 3 is 2.29 bits per heavy atom. The van der Waals surface area contributed by atoms with Crippen LogP contribution in [-0.2, 0) is 4.79 Å². The lowest BCUT2D eigenvalue weighted by molar-refractivity contribution is -0.123. The molecule has 3 rings (SSSR count). The van der Waals surface area contributed by atoms with Crippen molar-refractivity contribution in [2.45, 2.75) is 6.92 Å². The molecule has 0 aliphatic rings. The molecular weight excluding hydrogens is 443 g/mol. The average Bonchev–Trinajstić information content (AvgIpc) is 2.85. The molecule has 0 radical (unpaired) electrons. The lowest BCUT2D eigenvalue weighted by Crippen LogP contribution is -2.24. The molecule has 0 bridgehead atoms. The number of carbonyl (C=O) groups is 2. The Kier molecular flexibility index (Phi) is 8.56. The molecule has 0 unspecified atom stereocenters. The molecule has 176 valence electrons. The summed E-state index contributed by atoms with van der Waals surface area (Å²) in [5.74, 6) is 0.137. The van der Waals surface area contributed by atoms with Gasteiger partial charge in [-0.15, -0.1) is 0 Å². The Hall–Kier alpha value is -4.40. The van der Waals surface area contributed by atoms with E-state index in [2.05, 4.69) is 10.5 Å². The molecular formula is C25H23FN2O6. The minimum Gasteiger partial charge on any atom is -0.494 e. The molecule has 9 heteroatoms. The fraction of sp³-hybridized carbons (Fsp3) is 0.160. The third-order valence-corrected chi connectivity index (χ3v) is 4.38. The maximum atomic E-state index is 12.9. The third kappa shape index (κ3) is 7.06. The maximum absolute atomic E-state index is 12.9. The van der Waals surface area contributed by atoms with E-state index >= 15 is 0 Å². The predicted molar refractivity (Wildman–Crippen MR) is 123 cm³/mol. The van der Waals surface area contributed by atoms with E-state index in [1.54, 1.807) is 42.5 Å². The fourth-order valence-corrected chi connectivity index (χ4v) is 2.75. The standard InChI is InChI=1S/C25H23FN2O6/c1-3-32-20-9-5-18(6-10-20)25(30)34-22-13-4-17(14-23(22)31-2)15-27-28-24(29)16-33-21-11-7-19(26)8-12-21/h4-15H,3,16H2,1-2H3,(H,28,29). The van der Waals surface area contributed by atoms with Gasteiger partial charge in [0.2, 0.25) is 0 Å². The molecule has 3 aromatic rings. The topological polar surface area (TPSA) is 95.5 Å². The van der Waals surface area contributed by atoms with Crippen LogP contribution in [-0.4, -0.2) is 38.4 Å². The zero-order valence-corrected chi connectivity index (χ0v) is 18.6. The van der Waals surface area contributed by atoms with Crippen LogP contribution < -0.4 is 24.4 Å². The predicted octanol–water partition coefficient (Wildman–Crippen LogP) is 3.98. The summed E-state index contributed by atoms with van der Waals surface area (Å²) < 4.78 is 34.2. The van der Waals surface area contributed by atoms with Crippen LogP contribution in [0.3, 0.4) is 0 Å². The first kappa shape index (κ1) is 24.2. The maximum Gasteiger partial charge on any atom is 0.343 e. The lowest BCUT2D eigenvalue weighted by atomic mass is 10.2. The first-order valence-electron chi connectivity index (χ1n) is 10.3. The molecule has 0 aliphatic heterocycles. The molecule has 0 heterocycles. The number of hydrogen-bond acceptors (Lipinski definition) is 7. The minimum absolute atomic E-state index is 0.232. The van der Waals surface area contributed by atoms with Crippen molar-refractivity contribution in [3.8, 4) is 23.0 Å². The number of nitrogens with zero attached hydrogens (tertiary/aromatic N) is 1. The highest BCUT2D eigenvalue weighted by Gasteiger charge is 2.13. The summed E-state index contributed by atoms with van der Waals surface area (Å²) in [4.78, 5) is 24.3. The van der Waals surface area contributed by atoms with Crippen LogP contribution in [0.15, 0.2) is 71.8 Å². The Bertz CT molecular complexity index is 1150. The molecule has 0 spiro atoms. The van der Waals surface area contributed by atoms with Gasteiger partial charge in [0.15, 0.2) is 18.1 Å². The van der Waals surface area contributed by atoms with E-state index in [-0.39, 0.29) is 12.4 Å². The van der Waals surface area contributed by atoms with Crippen LogP contribution >= 0.6 is 0 Å². The molecule has 1 amide bonds. The molecule has 0 saturated carbocycles. The Morgan fingerprint density at radius 1 is 0.941 bits per heavy atom. The van der Waals surface area contributed by atoms with E-state index in [0.29, 0.717) is 35.0 Å². The highest BCUT2D eigenvalue weighted by Crippen LogP contribution is 2.28. The Morgan fingerprint density at radius 2 is 1.62 bits per heavy atom. The molecule has 1 N–H and O–H groups in total. The van der Waals surface area contributed by atoms with E-state index in [1.165, 1.54) is 37.6 Å². The highest BCUT2D eigenvalue weighted by atomic mass is 19.1. The zero-order valence-electron chi connectivity index (χ0n) is 18.6. The van der Waals surface area contributed by atoms with Crippen LogP contribution in [0.2, 0.25) is 0 Å². The van der Waals surface area contributed by atoms with Gasteiger partial charge < -0.3 is 18.9 Å². The number of halogens is 1. The number of carbonyl (C=O) groups excluding carboxylic acids is 2. The monoisotopic (exact) mass is 466 g/mol. The number of benzene rings is 3. The summed E-state index contributed by atoms with van der Waals surface area (Å²) in [6, 6.07) is 16.7. The van der Waals surface area contributed by atoms with Crippen molar-refractivity contribution in [1.82, 2.24) is 5.43 Å². The molecule has 0 aliphatic carbocycles. The van der Waals surface area contributed by atoms with Crippen LogP contribution in [0.5, 0.6) is 23.0 Å². The van der Waals surface area contributed by atoms with Gasteiger partial charge in [-0.05, 0) is 79.2 Å². The number of nitrogens with one attached hydrogen (secondary N) is 1. The van der Waals surface area contributed by atoms with Gasteiger partial charge in [-0.1, -0.05) is 0 Å². The largest absolute Gasteiger partial charge is 0.494 e. The molecule has 0 aromatic heterocycles. The van der Waals surface area contributed by atoms with E-state index in [4.69, 9.17) is 18.9 Å². The van der Waals surface area contributed by atoms with Gasteiger partial charge in [0, 0.05) is 0 Å². The Labute approximate surface area is 195 Å². The van der Waals surface area contributed by atoms with Crippen molar-refractivity contribution in [2.24, 2.45) is 5.10 Å². The van der Waals surface area contributed by atoms with Gasteiger partial charge in [-0.2, -0.15) is 5.10 Å². The van der Waals surface area contributed by atoms with Gasteiger partial charge in [0.25, 0.3) is 5.91 Å². The van der Waals surface area contributed by atoms with E-state index < -0.39 is 17.7 Å². The molecule has 0 saturated heterocycles. The normalized spacial score (nSPS) is 10.6. The van der Waals surface area contributed by atoms with Gasteiger partial charge >= 0.3 is 5.97 Å². The Balaban J connectivity index is 1.55. The number of hydrazone groups is 1. The zero-order chi connectivity index (χ0) is 24.3. The summed E-state index contributed by atoms with van der Waals surface area (Å²) in [7, 11) is 1.44. The summed E-state index contributed by atoms with van der Waals surface area (Å²) in [6.45, 7) is 2.12. The summed E-state index contributed by atoms with van der Waals surface area (Å²) >= 11 is 0. The van der Waals surface area contributed by atoms with Gasteiger partial charge in [-0.3, -0.25) is 4.79 Å². The van der Waals surface area contributed by atoms with Crippen LogP contribution in [0, 0.1) is 5.82 Å². The van der Waals surface area contributed by atoms with Crippen molar-refractivity contribution < 1.29 is 32.9 Å². The second-order valence-electron chi connectivity index (χ2n) is 6.79. The fourth-order valence-electron chi connectivity index (χ4n) is 2.75. The second-order valence-corrected chi connectivity index (χ2v) is 6.79. The number of ether oxygens (including phenoxy) is 4. The second kappa shape index (κ2) is 12.0. The van der Waals surface area contributed by atoms with Crippen molar-refractivity contribution in [2.75, 3.05) is 20.3 Å². The lowest BCUT2D eigenvalue weighted by Gasteiger charge is -2.10. The third-order valence-electron chi connectivity index (χ3n) is 4.38. The van der Waals surface area contributed by atoms with E-state index in [9.17, 15) is 14.0 Å². The molecule has 3 aromatic carbocycles. The molecule has 0 fully saturated rings. The quantitative estimate of drug-likeness (QED) is 0.210. The smallest absolute Gasteiger partial charge is 0.343 e. The summed E-state index contributed by atoms with van der Waals surface area (Å²) in [6.07, 6.45) is 1.40. The van der Waals surface area contributed by atoms with Crippen molar-refractivity contribution in [1.29, 1.82) is 0 Å². The van der Waals surface area contributed by atoms with E-state index in [1.807, 2.05) is 6.92 Å². The van der Waals surface area contributed by atoms with Crippen molar-refractivity contribution in [3.05, 3.63) is 83.7 Å². The van der Waals surface area contributed by atoms with Gasteiger partial charge in [-0.25, -0.2) is 14.6 Å². The number of hydrogen-bond donors (Lipinski definition) is 1. The summed E-state index contributed by atoms with van der Waals surface area (Å²) in [5.41, 5.74) is 3.28. The van der Waals surface area contributed by atoms with Crippen LogP contribution in [0.1, 0.15) is 22.8 Å². The molecule has 34 heavy (non-hydrogen) atoms. The number of amides is 1. The first-order chi connectivity index (χ1) is 16.5. The molecule has 0 atom stereocenters. The minimum atomic E-state index is -0.545. The first-order valence-corrected chi connectivity index (χ1v) is 10.3. The van der Waals surface area contributed by atoms with Crippen LogP contribution in [0.25, 0.3) is 0 Å². The van der Waals surface area contributed by atoms with E-state index in [0.717, 1.165) is 0 Å². The van der Waals surface area contributed by atoms with Crippen LogP contribution in [0.4, 0.5) is 4.39 Å². The van der Waals surface area contributed by atoms with Crippen molar-refractivity contribution >= 4 is 18.1 Å². The average molecular weight is 466 g/mol. The molecule has 8 nitrogen and oxygen atoms in total. The highest BCUT2D eigenvalue weighted by molar-refractivity contribution is 5.92. The number of rotatable bonds is 10. The number of methoxy groups -OCH3 is 1. The van der Waals surface area contributed by atoms with Gasteiger partial charge in [0.1, 0.15) is 17.3 Å². The number of esters is 1.